The molecule has 0 saturated carbocycles. The first-order valence-electron chi connectivity index (χ1n) is 12.2. The SMILES string of the molecule is C/C=C\Cc1ccc(-c2ccc(-c3ccc(C4CCCC(CC)CO4)c(F)c3F)cc2)c(F)c1F. The molecule has 3 aromatic carbocycles. The second-order valence-corrected chi connectivity index (χ2v) is 9.11. The van der Waals surface area contributed by atoms with Gasteiger partial charge in [0, 0.05) is 16.7 Å². The average molecular weight is 483 g/mol. The molecule has 0 aromatic heterocycles. The standard InChI is InChI=1S/C30H30F4O/c1-3-5-8-22-14-15-23(28(32)27(22)31)20-10-12-21(13-11-20)24-16-17-25(30(34)29(24)33)26-9-6-7-19(4-2)18-35-26/h3,5,10-17,19,26H,4,6-9,18H2,1-2H3/b5-3-. The summed E-state index contributed by atoms with van der Waals surface area (Å²) >= 11 is 0. The zero-order valence-electron chi connectivity index (χ0n) is 20.1. The van der Waals surface area contributed by atoms with Gasteiger partial charge in [0.15, 0.2) is 23.3 Å². The molecule has 1 saturated heterocycles. The quantitative estimate of drug-likeness (QED) is 0.252. The molecule has 0 N–H and O–H groups in total. The van der Waals surface area contributed by atoms with Gasteiger partial charge in [0.05, 0.1) is 12.7 Å². The minimum Gasteiger partial charge on any atom is -0.373 e. The van der Waals surface area contributed by atoms with Crippen molar-refractivity contribution in [2.24, 2.45) is 5.92 Å². The first-order chi connectivity index (χ1) is 16.9. The van der Waals surface area contributed by atoms with Crippen LogP contribution in [0.2, 0.25) is 0 Å². The van der Waals surface area contributed by atoms with Gasteiger partial charge in [-0.25, -0.2) is 17.6 Å². The van der Waals surface area contributed by atoms with E-state index in [-0.39, 0.29) is 22.3 Å². The maximum absolute atomic E-state index is 15.1. The zero-order valence-corrected chi connectivity index (χ0v) is 20.1. The molecule has 2 unspecified atom stereocenters. The molecule has 2 atom stereocenters. The molecule has 0 amide bonds. The highest BCUT2D eigenvalue weighted by Crippen LogP contribution is 2.36. The molecule has 184 valence electrons. The normalized spacial score (nSPS) is 18.7. The van der Waals surface area contributed by atoms with E-state index in [0.29, 0.717) is 36.5 Å². The second kappa shape index (κ2) is 11.2. The molecule has 3 aromatic rings. The molecule has 1 fully saturated rings. The molecule has 4 rings (SSSR count). The summed E-state index contributed by atoms with van der Waals surface area (Å²) in [5.41, 5.74) is 1.67. The fourth-order valence-corrected chi connectivity index (χ4v) is 4.66. The molecule has 0 spiro atoms. The van der Waals surface area contributed by atoms with Crippen LogP contribution < -0.4 is 0 Å². The van der Waals surface area contributed by atoms with E-state index in [9.17, 15) is 8.78 Å². The van der Waals surface area contributed by atoms with Crippen LogP contribution >= 0.6 is 0 Å². The van der Waals surface area contributed by atoms with E-state index in [1.165, 1.54) is 6.07 Å². The fourth-order valence-electron chi connectivity index (χ4n) is 4.66. The van der Waals surface area contributed by atoms with Crippen LogP contribution in [0, 0.1) is 29.2 Å². The Morgan fingerprint density at radius 2 is 1.43 bits per heavy atom. The number of ether oxygens (including phenoxy) is 1. The molecule has 1 aliphatic heterocycles. The summed E-state index contributed by atoms with van der Waals surface area (Å²) in [7, 11) is 0. The summed E-state index contributed by atoms with van der Waals surface area (Å²) in [6.45, 7) is 4.48. The van der Waals surface area contributed by atoms with Crippen LogP contribution in [0.15, 0.2) is 60.7 Å². The molecule has 0 aliphatic carbocycles. The first kappa shape index (κ1) is 25.2. The number of hydrogen-bond donors (Lipinski definition) is 0. The van der Waals surface area contributed by atoms with Gasteiger partial charge < -0.3 is 4.74 Å². The van der Waals surface area contributed by atoms with Crippen LogP contribution in [0.1, 0.15) is 56.8 Å². The maximum Gasteiger partial charge on any atom is 0.167 e. The molecule has 1 nitrogen and oxygen atoms in total. The molecular weight excluding hydrogens is 452 g/mol. The van der Waals surface area contributed by atoms with Gasteiger partial charge in [-0.1, -0.05) is 80.4 Å². The van der Waals surface area contributed by atoms with Gasteiger partial charge in [0.1, 0.15) is 0 Å². The Morgan fingerprint density at radius 3 is 2.06 bits per heavy atom. The van der Waals surface area contributed by atoms with Gasteiger partial charge in [-0.2, -0.15) is 0 Å². The monoisotopic (exact) mass is 482 g/mol. The highest BCUT2D eigenvalue weighted by molar-refractivity contribution is 5.71. The molecular formula is C30H30F4O. The Balaban J connectivity index is 1.58. The lowest BCUT2D eigenvalue weighted by molar-refractivity contribution is 0.0365. The fraction of sp³-hybridized carbons (Fsp3) is 0.333. The van der Waals surface area contributed by atoms with Crippen LogP contribution in [0.25, 0.3) is 22.3 Å². The van der Waals surface area contributed by atoms with E-state index < -0.39 is 29.4 Å². The largest absolute Gasteiger partial charge is 0.373 e. The number of rotatable bonds is 6. The Labute approximate surface area is 204 Å². The first-order valence-corrected chi connectivity index (χ1v) is 12.2. The van der Waals surface area contributed by atoms with E-state index in [2.05, 4.69) is 6.92 Å². The number of allylic oxidation sites excluding steroid dienone is 2. The summed E-state index contributed by atoms with van der Waals surface area (Å²) in [5, 5.41) is 0. The van der Waals surface area contributed by atoms with E-state index in [0.717, 1.165) is 19.3 Å². The topological polar surface area (TPSA) is 9.23 Å². The van der Waals surface area contributed by atoms with Crippen LogP contribution in [0.5, 0.6) is 0 Å². The van der Waals surface area contributed by atoms with Crippen molar-refractivity contribution in [1.82, 2.24) is 0 Å². The summed E-state index contributed by atoms with van der Waals surface area (Å²) < 4.78 is 65.2. The van der Waals surface area contributed by atoms with Gasteiger partial charge in [0.2, 0.25) is 0 Å². The Morgan fingerprint density at radius 1 is 0.800 bits per heavy atom. The Bertz CT molecular complexity index is 1200. The van der Waals surface area contributed by atoms with Crippen LogP contribution in [0.3, 0.4) is 0 Å². The molecule has 0 radical (unpaired) electrons. The maximum atomic E-state index is 15.1. The lowest BCUT2D eigenvalue weighted by atomic mass is 9.95. The van der Waals surface area contributed by atoms with Crippen molar-refractivity contribution in [1.29, 1.82) is 0 Å². The van der Waals surface area contributed by atoms with Gasteiger partial charge >= 0.3 is 0 Å². The number of benzene rings is 3. The lowest BCUT2D eigenvalue weighted by Crippen LogP contribution is -2.10. The molecule has 0 bridgehead atoms. The molecule has 5 heteroatoms. The summed E-state index contributed by atoms with van der Waals surface area (Å²) in [5.74, 6) is -3.17. The van der Waals surface area contributed by atoms with Crippen molar-refractivity contribution in [3.8, 4) is 22.3 Å². The van der Waals surface area contributed by atoms with E-state index in [1.54, 1.807) is 54.6 Å². The lowest BCUT2D eigenvalue weighted by Gasteiger charge is -2.18. The number of halogens is 4. The molecule has 35 heavy (non-hydrogen) atoms. The molecule has 1 heterocycles. The Hall–Kier alpha value is -2.92. The van der Waals surface area contributed by atoms with Gasteiger partial charge in [0.25, 0.3) is 0 Å². The van der Waals surface area contributed by atoms with Crippen molar-refractivity contribution in [2.75, 3.05) is 6.61 Å². The van der Waals surface area contributed by atoms with E-state index in [4.69, 9.17) is 4.74 Å². The van der Waals surface area contributed by atoms with Crippen molar-refractivity contribution in [3.05, 3.63) is 95.1 Å². The summed E-state index contributed by atoms with van der Waals surface area (Å²) in [6, 6.07) is 12.6. The van der Waals surface area contributed by atoms with Crippen molar-refractivity contribution < 1.29 is 22.3 Å². The predicted molar refractivity (Wildman–Crippen MR) is 132 cm³/mol. The average Bonchev–Trinajstić information content (AvgIpc) is 3.12. The third-order valence-corrected chi connectivity index (χ3v) is 6.89. The van der Waals surface area contributed by atoms with Gasteiger partial charge in [-0.05, 0) is 48.8 Å². The number of hydrogen-bond acceptors (Lipinski definition) is 1. The smallest absolute Gasteiger partial charge is 0.167 e. The Kier molecular flexibility index (Phi) is 8.07. The minimum absolute atomic E-state index is 0.117. The van der Waals surface area contributed by atoms with E-state index >= 15 is 8.78 Å². The molecule has 1 aliphatic rings. The van der Waals surface area contributed by atoms with Crippen molar-refractivity contribution >= 4 is 0 Å². The zero-order chi connectivity index (χ0) is 24.9. The van der Waals surface area contributed by atoms with Crippen molar-refractivity contribution in [2.45, 2.75) is 52.1 Å². The third kappa shape index (κ3) is 5.35. The van der Waals surface area contributed by atoms with Gasteiger partial charge in [-0.15, -0.1) is 0 Å². The third-order valence-electron chi connectivity index (χ3n) is 6.89. The van der Waals surface area contributed by atoms with Crippen LogP contribution in [0.4, 0.5) is 17.6 Å². The van der Waals surface area contributed by atoms with Crippen molar-refractivity contribution in [3.63, 3.8) is 0 Å². The van der Waals surface area contributed by atoms with Gasteiger partial charge in [-0.3, -0.25) is 0 Å². The van der Waals surface area contributed by atoms with E-state index in [1.807, 2.05) is 6.92 Å². The highest BCUT2D eigenvalue weighted by Gasteiger charge is 2.25. The summed E-state index contributed by atoms with van der Waals surface area (Å²) in [6.07, 6.45) is 7.02. The highest BCUT2D eigenvalue weighted by atomic mass is 19.2. The van der Waals surface area contributed by atoms with Crippen LogP contribution in [-0.2, 0) is 11.2 Å². The van der Waals surface area contributed by atoms with Crippen LogP contribution in [-0.4, -0.2) is 6.61 Å². The predicted octanol–water partition coefficient (Wildman–Crippen LogP) is 8.96. The second-order valence-electron chi connectivity index (χ2n) is 9.11. The minimum atomic E-state index is -0.930. The summed E-state index contributed by atoms with van der Waals surface area (Å²) in [4.78, 5) is 0.